The molecule has 0 aliphatic carbocycles. The maximum atomic E-state index is 3.75. The topological polar surface area (TPSA) is 19.0 Å². The van der Waals surface area contributed by atoms with Crippen LogP contribution in [0.2, 0.25) is 0 Å². The Labute approximate surface area is 130 Å². The van der Waals surface area contributed by atoms with Crippen LogP contribution in [0.15, 0.2) is 42.5 Å². The fraction of sp³-hybridized carbons (Fsp3) is 0.300. The maximum absolute atomic E-state index is 3.75. The molecule has 0 radical (unpaired) electrons. The first kappa shape index (κ1) is 12.5. The van der Waals surface area contributed by atoms with E-state index in [0.717, 1.165) is 19.5 Å². The Bertz CT molecular complexity index is 905. The number of aromatic amines is 1. The van der Waals surface area contributed by atoms with Crippen LogP contribution in [-0.2, 0) is 18.5 Å². The highest BCUT2D eigenvalue weighted by molar-refractivity contribution is 5.86. The van der Waals surface area contributed by atoms with Gasteiger partial charge < -0.3 is 4.98 Å². The zero-order chi connectivity index (χ0) is 14.9. The van der Waals surface area contributed by atoms with Crippen molar-refractivity contribution in [2.24, 2.45) is 0 Å². The minimum atomic E-state index is -0.00288. The van der Waals surface area contributed by atoms with Crippen molar-refractivity contribution in [3.05, 3.63) is 70.4 Å². The normalized spacial score (nSPS) is 23.4. The van der Waals surface area contributed by atoms with E-state index in [1.165, 1.54) is 38.9 Å². The minimum Gasteiger partial charge on any atom is -0.356 e. The number of aromatic nitrogens is 1. The number of hydrogen-bond acceptors (Lipinski definition) is 1. The van der Waals surface area contributed by atoms with Crippen LogP contribution in [0.25, 0.3) is 10.9 Å². The number of benzene rings is 2. The Balaban J connectivity index is 1.83. The van der Waals surface area contributed by atoms with E-state index < -0.39 is 0 Å². The van der Waals surface area contributed by atoms with Gasteiger partial charge >= 0.3 is 0 Å². The molecule has 2 aliphatic rings. The summed E-state index contributed by atoms with van der Waals surface area (Å²) in [7, 11) is 0. The molecule has 1 unspecified atom stereocenters. The van der Waals surface area contributed by atoms with Gasteiger partial charge in [0.25, 0.3) is 0 Å². The van der Waals surface area contributed by atoms with E-state index in [0.29, 0.717) is 0 Å². The Kier molecular flexibility index (Phi) is 2.28. The number of aryl methyl sites for hydroxylation is 1. The van der Waals surface area contributed by atoms with Crippen LogP contribution in [-0.4, -0.2) is 16.4 Å². The van der Waals surface area contributed by atoms with Crippen LogP contribution in [0.4, 0.5) is 0 Å². The summed E-state index contributed by atoms with van der Waals surface area (Å²) in [4.78, 5) is 6.38. The quantitative estimate of drug-likeness (QED) is 0.659. The predicted molar refractivity (Wildman–Crippen MR) is 90.0 cm³/mol. The third-order valence-corrected chi connectivity index (χ3v) is 5.72. The van der Waals surface area contributed by atoms with E-state index in [4.69, 9.17) is 0 Å². The summed E-state index contributed by atoms with van der Waals surface area (Å²) >= 11 is 0. The smallest absolute Gasteiger partial charge is 0.0847 e. The number of fused-ring (bicyclic) bond motifs is 7. The van der Waals surface area contributed by atoms with Crippen LogP contribution >= 0.6 is 0 Å². The number of hydrogen-bond donors (Lipinski definition) is 1. The van der Waals surface area contributed by atoms with E-state index in [1.54, 1.807) is 0 Å². The molecule has 0 amide bonds. The average molecular weight is 288 g/mol. The van der Waals surface area contributed by atoms with Crippen molar-refractivity contribution in [2.75, 3.05) is 6.54 Å². The third-order valence-electron chi connectivity index (χ3n) is 5.72. The van der Waals surface area contributed by atoms with Crippen molar-refractivity contribution in [1.29, 1.82) is 0 Å². The van der Waals surface area contributed by atoms with Gasteiger partial charge in [-0.3, -0.25) is 4.90 Å². The lowest BCUT2D eigenvalue weighted by Crippen LogP contribution is -2.44. The molecular formula is C20H20N2. The summed E-state index contributed by atoms with van der Waals surface area (Å²) in [6, 6.07) is 15.7. The zero-order valence-electron chi connectivity index (χ0n) is 13.1. The first-order valence-corrected chi connectivity index (χ1v) is 8.13. The summed E-state index contributed by atoms with van der Waals surface area (Å²) in [5.41, 5.74) is 8.50. The molecular weight excluding hydrogens is 268 g/mol. The van der Waals surface area contributed by atoms with Crippen LogP contribution in [0.3, 0.4) is 0 Å². The number of rotatable bonds is 0. The number of nitrogens with zero attached hydrogens (tertiary/aromatic N) is 1. The van der Waals surface area contributed by atoms with Crippen molar-refractivity contribution < 1.29 is 0 Å². The molecule has 5 rings (SSSR count). The molecule has 1 atom stereocenters. The summed E-state index contributed by atoms with van der Waals surface area (Å²) in [5, 5.41) is 1.42. The second kappa shape index (κ2) is 4.02. The van der Waals surface area contributed by atoms with Gasteiger partial charge in [0.2, 0.25) is 0 Å². The summed E-state index contributed by atoms with van der Waals surface area (Å²) in [6.07, 6.45) is 1.14. The van der Waals surface area contributed by atoms with Gasteiger partial charge in [0.15, 0.2) is 0 Å². The van der Waals surface area contributed by atoms with Crippen molar-refractivity contribution >= 4 is 10.9 Å². The Morgan fingerprint density at radius 3 is 2.91 bits per heavy atom. The standard InChI is InChI=1S/C20H20N2/c1-13-7-8-18-16(11-13)15-9-10-22-12-14-5-3-4-6-17(14)20(22,2)19(15)21-18/h3-8,11,21H,9-10,12H2,1-2H3. The van der Waals surface area contributed by atoms with Crippen molar-refractivity contribution in [2.45, 2.75) is 32.4 Å². The Morgan fingerprint density at radius 2 is 2.00 bits per heavy atom. The molecule has 0 bridgehead atoms. The highest BCUT2D eigenvalue weighted by Gasteiger charge is 2.47. The molecule has 0 spiro atoms. The molecule has 0 fully saturated rings. The molecule has 0 saturated heterocycles. The lowest BCUT2D eigenvalue weighted by atomic mass is 9.82. The lowest BCUT2D eigenvalue weighted by molar-refractivity contribution is 0.141. The molecule has 1 N–H and O–H groups in total. The maximum Gasteiger partial charge on any atom is 0.0847 e. The molecule has 3 heterocycles. The summed E-state index contributed by atoms with van der Waals surface area (Å²) in [6.45, 7) is 6.78. The first-order valence-electron chi connectivity index (χ1n) is 8.13. The molecule has 2 nitrogen and oxygen atoms in total. The number of H-pyrrole nitrogens is 1. The number of nitrogens with one attached hydrogen (secondary N) is 1. The predicted octanol–water partition coefficient (Wildman–Crippen LogP) is 4.11. The van der Waals surface area contributed by atoms with E-state index >= 15 is 0 Å². The summed E-state index contributed by atoms with van der Waals surface area (Å²) < 4.78 is 0. The van der Waals surface area contributed by atoms with Gasteiger partial charge in [0.05, 0.1) is 5.54 Å². The van der Waals surface area contributed by atoms with E-state index in [9.17, 15) is 0 Å². The molecule has 110 valence electrons. The molecule has 3 aromatic rings. The van der Waals surface area contributed by atoms with Crippen LogP contribution in [0.5, 0.6) is 0 Å². The third kappa shape index (κ3) is 1.39. The molecule has 2 aliphatic heterocycles. The highest BCUT2D eigenvalue weighted by atomic mass is 15.2. The van der Waals surface area contributed by atoms with Crippen LogP contribution in [0.1, 0.15) is 34.9 Å². The van der Waals surface area contributed by atoms with Gasteiger partial charge in [-0.2, -0.15) is 0 Å². The van der Waals surface area contributed by atoms with Gasteiger partial charge in [-0.15, -0.1) is 0 Å². The van der Waals surface area contributed by atoms with E-state index in [-0.39, 0.29) is 5.54 Å². The lowest BCUT2D eigenvalue weighted by Gasteiger charge is -2.40. The zero-order valence-corrected chi connectivity index (χ0v) is 13.1. The second-order valence-electron chi connectivity index (χ2n) is 6.93. The van der Waals surface area contributed by atoms with Gasteiger partial charge in [0.1, 0.15) is 0 Å². The van der Waals surface area contributed by atoms with Gasteiger partial charge in [-0.25, -0.2) is 0 Å². The molecule has 1 aromatic heterocycles. The van der Waals surface area contributed by atoms with Crippen molar-refractivity contribution in [3.8, 4) is 0 Å². The van der Waals surface area contributed by atoms with Crippen molar-refractivity contribution in [3.63, 3.8) is 0 Å². The van der Waals surface area contributed by atoms with E-state index in [1.807, 2.05) is 0 Å². The van der Waals surface area contributed by atoms with Crippen LogP contribution < -0.4 is 0 Å². The highest BCUT2D eigenvalue weighted by Crippen LogP contribution is 2.48. The Morgan fingerprint density at radius 1 is 1.14 bits per heavy atom. The van der Waals surface area contributed by atoms with Gasteiger partial charge in [0, 0.05) is 29.7 Å². The monoisotopic (exact) mass is 288 g/mol. The molecule has 2 aromatic carbocycles. The van der Waals surface area contributed by atoms with Gasteiger partial charge in [-0.05, 0) is 49.1 Å². The van der Waals surface area contributed by atoms with Crippen molar-refractivity contribution in [1.82, 2.24) is 9.88 Å². The molecule has 2 heteroatoms. The fourth-order valence-corrected chi connectivity index (χ4v) is 4.55. The van der Waals surface area contributed by atoms with E-state index in [2.05, 4.69) is 66.2 Å². The molecule has 0 saturated carbocycles. The first-order chi connectivity index (χ1) is 10.7. The summed E-state index contributed by atoms with van der Waals surface area (Å²) in [5.74, 6) is 0. The largest absolute Gasteiger partial charge is 0.356 e. The van der Waals surface area contributed by atoms with Gasteiger partial charge in [-0.1, -0.05) is 35.9 Å². The SMILES string of the molecule is Cc1ccc2[nH]c3c(c2c1)CCN1Cc2ccccc2C31C. The molecule has 22 heavy (non-hydrogen) atoms. The second-order valence-corrected chi connectivity index (χ2v) is 6.93. The van der Waals surface area contributed by atoms with Crippen LogP contribution in [0, 0.1) is 6.92 Å². The Hall–Kier alpha value is -2.06. The average Bonchev–Trinajstić information content (AvgIpc) is 3.03. The fourth-order valence-electron chi connectivity index (χ4n) is 4.55. The minimum absolute atomic E-state index is 0.00288.